The highest BCUT2D eigenvalue weighted by molar-refractivity contribution is 6.30. The predicted octanol–water partition coefficient (Wildman–Crippen LogP) is 1.30. The van der Waals surface area contributed by atoms with Crippen LogP contribution in [0.5, 0.6) is 0 Å². The smallest absolute Gasteiger partial charge is 0.303 e. The van der Waals surface area contributed by atoms with E-state index in [1.165, 1.54) is 0 Å². The number of hydrogen-bond donors (Lipinski definition) is 3. The fourth-order valence-corrected chi connectivity index (χ4v) is 1.71. The first-order chi connectivity index (χ1) is 9.88. The molecule has 0 aromatic heterocycles. The molecule has 0 aliphatic carbocycles. The average Bonchev–Trinajstić information content (AvgIpc) is 2.42. The fourth-order valence-electron chi connectivity index (χ4n) is 1.58. The molecule has 0 fully saturated rings. The molecular weight excluding hydrogens is 296 g/mol. The third-order valence-electron chi connectivity index (χ3n) is 2.69. The molecule has 114 valence electrons. The molecule has 0 saturated carbocycles. The van der Waals surface area contributed by atoms with Gasteiger partial charge in [0.15, 0.2) is 0 Å². The quantitative estimate of drug-likeness (QED) is 0.707. The van der Waals surface area contributed by atoms with Crippen LogP contribution in [0.25, 0.3) is 0 Å². The molecule has 7 heteroatoms. The fraction of sp³-hybridized carbons (Fsp3) is 0.357. The highest BCUT2D eigenvalue weighted by Gasteiger charge is 2.11. The van der Waals surface area contributed by atoms with Gasteiger partial charge in [-0.2, -0.15) is 0 Å². The van der Waals surface area contributed by atoms with Crippen LogP contribution in [0.2, 0.25) is 5.02 Å². The lowest BCUT2D eigenvalue weighted by atomic mass is 10.1. The van der Waals surface area contributed by atoms with Crippen molar-refractivity contribution in [1.29, 1.82) is 0 Å². The van der Waals surface area contributed by atoms with Gasteiger partial charge in [0.25, 0.3) is 5.91 Å². The maximum absolute atomic E-state index is 11.7. The number of amides is 2. The molecule has 3 N–H and O–H groups in total. The molecule has 1 atom stereocenters. The molecule has 0 heterocycles. The van der Waals surface area contributed by atoms with Crippen molar-refractivity contribution in [3.05, 3.63) is 34.9 Å². The Balaban J connectivity index is 2.31. The Labute approximate surface area is 127 Å². The molecule has 0 spiro atoms. The molecule has 21 heavy (non-hydrogen) atoms. The zero-order chi connectivity index (χ0) is 15.8. The van der Waals surface area contributed by atoms with E-state index in [-0.39, 0.29) is 37.2 Å². The Morgan fingerprint density at radius 1 is 1.19 bits per heavy atom. The molecule has 6 nitrogen and oxygen atoms in total. The highest BCUT2D eigenvalue weighted by atomic mass is 35.5. The Morgan fingerprint density at radius 2 is 1.81 bits per heavy atom. The van der Waals surface area contributed by atoms with Crippen molar-refractivity contribution in [2.24, 2.45) is 5.92 Å². The summed E-state index contributed by atoms with van der Waals surface area (Å²) in [4.78, 5) is 33.7. The number of rotatable bonds is 7. The molecule has 2 amide bonds. The number of nitrogens with one attached hydrogen (secondary N) is 2. The molecule has 0 aliphatic rings. The topological polar surface area (TPSA) is 95.5 Å². The van der Waals surface area contributed by atoms with Gasteiger partial charge >= 0.3 is 5.97 Å². The average molecular weight is 313 g/mol. The summed E-state index contributed by atoms with van der Waals surface area (Å²) in [5, 5.41) is 14.2. The second-order valence-corrected chi connectivity index (χ2v) is 5.13. The number of halogens is 1. The monoisotopic (exact) mass is 312 g/mol. The van der Waals surface area contributed by atoms with E-state index < -0.39 is 5.97 Å². The number of carbonyl (C=O) groups is 3. The molecule has 1 aromatic rings. The Hall–Kier alpha value is -2.08. The van der Waals surface area contributed by atoms with E-state index >= 15 is 0 Å². The van der Waals surface area contributed by atoms with Gasteiger partial charge < -0.3 is 15.7 Å². The number of carboxylic acid groups (broad SMARTS) is 1. The molecule has 0 aliphatic heterocycles. The summed E-state index contributed by atoms with van der Waals surface area (Å²) in [5.74, 6) is -1.82. The summed E-state index contributed by atoms with van der Waals surface area (Å²) in [6.07, 6.45) is -0.0165. The van der Waals surface area contributed by atoms with Crippen molar-refractivity contribution in [2.75, 3.05) is 13.1 Å². The SMILES string of the molecule is CC(CNC(=O)CNC(=O)c1ccc(Cl)cc1)CC(=O)O. The molecule has 0 radical (unpaired) electrons. The van der Waals surface area contributed by atoms with Crippen molar-refractivity contribution in [3.8, 4) is 0 Å². The summed E-state index contributed by atoms with van der Waals surface area (Å²) in [6.45, 7) is 1.81. The van der Waals surface area contributed by atoms with Gasteiger partial charge in [0, 0.05) is 23.6 Å². The van der Waals surface area contributed by atoms with Crippen LogP contribution in [0.15, 0.2) is 24.3 Å². The van der Waals surface area contributed by atoms with Gasteiger partial charge in [-0.05, 0) is 30.2 Å². The first-order valence-electron chi connectivity index (χ1n) is 6.40. The van der Waals surface area contributed by atoms with Crippen molar-refractivity contribution in [1.82, 2.24) is 10.6 Å². The summed E-state index contributed by atoms with van der Waals surface area (Å²) in [6, 6.07) is 6.29. The van der Waals surface area contributed by atoms with E-state index in [1.807, 2.05) is 0 Å². The summed E-state index contributed by atoms with van der Waals surface area (Å²) in [7, 11) is 0. The maximum Gasteiger partial charge on any atom is 0.303 e. The third-order valence-corrected chi connectivity index (χ3v) is 2.94. The lowest BCUT2D eigenvalue weighted by molar-refractivity contribution is -0.138. The summed E-state index contributed by atoms with van der Waals surface area (Å²) < 4.78 is 0. The summed E-state index contributed by atoms with van der Waals surface area (Å²) >= 11 is 5.71. The van der Waals surface area contributed by atoms with Gasteiger partial charge in [0.05, 0.1) is 6.54 Å². The minimum Gasteiger partial charge on any atom is -0.481 e. The van der Waals surface area contributed by atoms with Crippen LogP contribution in [0.1, 0.15) is 23.7 Å². The van der Waals surface area contributed by atoms with Crippen molar-refractivity contribution in [3.63, 3.8) is 0 Å². The normalized spacial score (nSPS) is 11.5. The van der Waals surface area contributed by atoms with E-state index in [9.17, 15) is 14.4 Å². The molecule has 0 bridgehead atoms. The van der Waals surface area contributed by atoms with Crippen LogP contribution in [-0.2, 0) is 9.59 Å². The highest BCUT2D eigenvalue weighted by Crippen LogP contribution is 2.09. The Morgan fingerprint density at radius 3 is 2.38 bits per heavy atom. The minimum absolute atomic E-state index is 0.0165. The first-order valence-corrected chi connectivity index (χ1v) is 6.78. The van der Waals surface area contributed by atoms with Crippen molar-refractivity contribution >= 4 is 29.4 Å². The predicted molar refractivity (Wildman–Crippen MR) is 78.2 cm³/mol. The summed E-state index contributed by atoms with van der Waals surface area (Å²) in [5.41, 5.74) is 0.409. The Bertz CT molecular complexity index is 516. The lowest BCUT2D eigenvalue weighted by Crippen LogP contribution is -2.38. The molecule has 1 unspecified atom stereocenters. The lowest BCUT2D eigenvalue weighted by Gasteiger charge is -2.11. The first kappa shape index (κ1) is 17.0. The second kappa shape index (κ2) is 8.26. The standard InChI is InChI=1S/C14H17ClN2O4/c1-9(6-13(19)20)7-16-12(18)8-17-14(21)10-2-4-11(15)5-3-10/h2-5,9H,6-8H2,1H3,(H,16,18)(H,17,21)(H,19,20). The van der Waals surface area contributed by atoms with Crippen LogP contribution in [0.3, 0.4) is 0 Å². The maximum atomic E-state index is 11.7. The van der Waals surface area contributed by atoms with Gasteiger partial charge in [0.2, 0.25) is 5.91 Å². The van der Waals surface area contributed by atoms with Crippen LogP contribution in [-0.4, -0.2) is 36.0 Å². The van der Waals surface area contributed by atoms with Gasteiger partial charge in [-0.1, -0.05) is 18.5 Å². The number of hydrogen-bond acceptors (Lipinski definition) is 3. The molecule has 1 rings (SSSR count). The zero-order valence-electron chi connectivity index (χ0n) is 11.6. The van der Waals surface area contributed by atoms with E-state index in [2.05, 4.69) is 10.6 Å². The minimum atomic E-state index is -0.909. The van der Waals surface area contributed by atoms with E-state index in [0.29, 0.717) is 10.6 Å². The van der Waals surface area contributed by atoms with Crippen molar-refractivity contribution < 1.29 is 19.5 Å². The number of aliphatic carboxylic acids is 1. The van der Waals surface area contributed by atoms with Crippen LogP contribution in [0.4, 0.5) is 0 Å². The van der Waals surface area contributed by atoms with Crippen LogP contribution in [0, 0.1) is 5.92 Å². The molecular formula is C14H17ClN2O4. The van der Waals surface area contributed by atoms with Crippen LogP contribution < -0.4 is 10.6 Å². The zero-order valence-corrected chi connectivity index (χ0v) is 12.3. The van der Waals surface area contributed by atoms with Gasteiger partial charge in [-0.25, -0.2) is 0 Å². The number of benzene rings is 1. The third kappa shape index (κ3) is 6.76. The van der Waals surface area contributed by atoms with Gasteiger partial charge in [0.1, 0.15) is 0 Å². The molecule has 1 aromatic carbocycles. The van der Waals surface area contributed by atoms with Gasteiger partial charge in [-0.3, -0.25) is 14.4 Å². The van der Waals surface area contributed by atoms with Crippen LogP contribution >= 0.6 is 11.6 Å². The van der Waals surface area contributed by atoms with Crippen molar-refractivity contribution in [2.45, 2.75) is 13.3 Å². The molecule has 0 saturated heterocycles. The second-order valence-electron chi connectivity index (χ2n) is 4.70. The van der Waals surface area contributed by atoms with E-state index in [0.717, 1.165) is 0 Å². The van der Waals surface area contributed by atoms with E-state index in [1.54, 1.807) is 31.2 Å². The number of carbonyl (C=O) groups excluding carboxylic acids is 2. The van der Waals surface area contributed by atoms with Gasteiger partial charge in [-0.15, -0.1) is 0 Å². The van der Waals surface area contributed by atoms with E-state index in [4.69, 9.17) is 16.7 Å². The Kier molecular flexibility index (Phi) is 6.68. The number of carboxylic acids is 1. The largest absolute Gasteiger partial charge is 0.481 e.